The maximum Gasteiger partial charge on any atom is 0.113 e. The van der Waals surface area contributed by atoms with Crippen LogP contribution in [0.2, 0.25) is 5.02 Å². The van der Waals surface area contributed by atoms with Gasteiger partial charge in [0.25, 0.3) is 0 Å². The van der Waals surface area contributed by atoms with Crippen LogP contribution in [0.15, 0.2) is 18.2 Å². The highest BCUT2D eigenvalue weighted by Gasteiger charge is 2.26. The van der Waals surface area contributed by atoms with Gasteiger partial charge in [0.15, 0.2) is 0 Å². The van der Waals surface area contributed by atoms with E-state index in [1.165, 1.54) is 5.82 Å². The quantitative estimate of drug-likeness (QED) is 0.898. The second kappa shape index (κ2) is 5.38. The molecule has 0 radical (unpaired) electrons. The van der Waals surface area contributed by atoms with Crippen molar-refractivity contribution in [3.8, 4) is 0 Å². The van der Waals surface area contributed by atoms with Crippen molar-refractivity contribution in [3.05, 3.63) is 29.0 Å². The van der Waals surface area contributed by atoms with Crippen LogP contribution in [0.5, 0.6) is 0 Å². The van der Waals surface area contributed by atoms with Gasteiger partial charge in [-0.2, -0.15) is 0 Å². The van der Waals surface area contributed by atoms with Gasteiger partial charge >= 0.3 is 0 Å². The molecule has 1 aromatic carbocycles. The van der Waals surface area contributed by atoms with Gasteiger partial charge in [-0.1, -0.05) is 17.7 Å². The van der Waals surface area contributed by atoms with Crippen molar-refractivity contribution in [2.45, 2.75) is 57.5 Å². The Morgan fingerprint density at radius 1 is 1.25 bits per heavy atom. The molecule has 2 N–H and O–H groups in total. The first-order chi connectivity index (χ1) is 9.58. The molecule has 1 saturated carbocycles. The Labute approximate surface area is 125 Å². The topological polar surface area (TPSA) is 43.8 Å². The zero-order valence-corrected chi connectivity index (χ0v) is 12.9. The standard InChI is InChI=1S/C16H22ClN3/c1-10(2)20-15-13(17)4-3-5-14(15)19-16(20)11-6-8-12(18)9-7-11/h3-5,10-12H,6-9,18H2,1-2H3. The van der Waals surface area contributed by atoms with Gasteiger partial charge in [0.1, 0.15) is 5.82 Å². The molecule has 0 saturated heterocycles. The van der Waals surface area contributed by atoms with Crippen LogP contribution in [0, 0.1) is 0 Å². The van der Waals surface area contributed by atoms with Gasteiger partial charge in [-0.05, 0) is 51.7 Å². The normalized spacial score (nSPS) is 23.6. The van der Waals surface area contributed by atoms with Crippen molar-refractivity contribution in [3.63, 3.8) is 0 Å². The lowest BCUT2D eigenvalue weighted by atomic mass is 9.86. The van der Waals surface area contributed by atoms with Crippen molar-refractivity contribution in [2.75, 3.05) is 0 Å². The molecule has 0 atom stereocenters. The molecule has 2 aromatic rings. The van der Waals surface area contributed by atoms with Crippen LogP contribution in [0.1, 0.15) is 57.3 Å². The molecule has 0 spiro atoms. The van der Waals surface area contributed by atoms with E-state index < -0.39 is 0 Å². The minimum absolute atomic E-state index is 0.366. The molecule has 1 fully saturated rings. The molecule has 20 heavy (non-hydrogen) atoms. The maximum atomic E-state index is 6.40. The summed E-state index contributed by atoms with van der Waals surface area (Å²) in [4.78, 5) is 4.88. The fourth-order valence-corrected chi connectivity index (χ4v) is 3.57. The first-order valence-electron chi connectivity index (χ1n) is 7.50. The summed E-state index contributed by atoms with van der Waals surface area (Å²) in [7, 11) is 0. The second-order valence-electron chi connectivity index (χ2n) is 6.15. The molecule has 3 rings (SSSR count). The summed E-state index contributed by atoms with van der Waals surface area (Å²) in [6.45, 7) is 4.39. The first kappa shape index (κ1) is 13.9. The number of hydrogen-bond acceptors (Lipinski definition) is 2. The van der Waals surface area contributed by atoms with Crippen LogP contribution in [0.4, 0.5) is 0 Å². The number of nitrogens with zero attached hydrogens (tertiary/aromatic N) is 2. The number of rotatable bonds is 2. The van der Waals surface area contributed by atoms with E-state index >= 15 is 0 Å². The lowest BCUT2D eigenvalue weighted by Gasteiger charge is -2.27. The van der Waals surface area contributed by atoms with Crippen LogP contribution in [-0.2, 0) is 0 Å². The van der Waals surface area contributed by atoms with Crippen molar-refractivity contribution < 1.29 is 0 Å². The Balaban J connectivity index is 2.10. The molecule has 1 aliphatic carbocycles. The summed E-state index contributed by atoms with van der Waals surface area (Å²) in [5.41, 5.74) is 8.11. The minimum atomic E-state index is 0.366. The van der Waals surface area contributed by atoms with E-state index in [1.54, 1.807) is 0 Å². The summed E-state index contributed by atoms with van der Waals surface area (Å²) in [6, 6.07) is 6.71. The molecule has 1 aliphatic rings. The maximum absolute atomic E-state index is 6.40. The van der Waals surface area contributed by atoms with Gasteiger partial charge in [0, 0.05) is 18.0 Å². The summed E-state index contributed by atoms with van der Waals surface area (Å²) >= 11 is 6.40. The van der Waals surface area contributed by atoms with E-state index in [2.05, 4.69) is 24.5 Å². The van der Waals surface area contributed by atoms with Gasteiger partial charge < -0.3 is 10.3 Å². The Kier molecular flexibility index (Phi) is 3.74. The number of para-hydroxylation sites is 1. The summed E-state index contributed by atoms with van der Waals surface area (Å²) < 4.78 is 2.32. The van der Waals surface area contributed by atoms with Crippen LogP contribution >= 0.6 is 11.6 Å². The number of imidazole rings is 1. The Hall–Kier alpha value is -1.06. The van der Waals surface area contributed by atoms with Gasteiger partial charge in [-0.25, -0.2) is 4.98 Å². The van der Waals surface area contributed by atoms with Gasteiger partial charge in [0.05, 0.1) is 16.1 Å². The van der Waals surface area contributed by atoms with Crippen molar-refractivity contribution in [1.29, 1.82) is 0 Å². The molecule has 4 heteroatoms. The molecular formula is C16H22ClN3. The highest BCUT2D eigenvalue weighted by Crippen LogP contribution is 2.36. The first-order valence-corrected chi connectivity index (χ1v) is 7.87. The largest absolute Gasteiger partial charge is 0.328 e. The average Bonchev–Trinajstić information content (AvgIpc) is 2.80. The van der Waals surface area contributed by atoms with Crippen LogP contribution in [0.3, 0.4) is 0 Å². The van der Waals surface area contributed by atoms with Crippen LogP contribution < -0.4 is 5.73 Å². The number of nitrogens with two attached hydrogens (primary N) is 1. The minimum Gasteiger partial charge on any atom is -0.328 e. The second-order valence-corrected chi connectivity index (χ2v) is 6.56. The third kappa shape index (κ3) is 2.33. The average molecular weight is 292 g/mol. The predicted molar refractivity (Wildman–Crippen MR) is 84.3 cm³/mol. The smallest absolute Gasteiger partial charge is 0.113 e. The fourth-order valence-electron chi connectivity index (χ4n) is 3.31. The highest BCUT2D eigenvalue weighted by molar-refractivity contribution is 6.35. The van der Waals surface area contributed by atoms with E-state index in [0.29, 0.717) is 18.0 Å². The lowest BCUT2D eigenvalue weighted by Crippen LogP contribution is -2.27. The molecule has 1 heterocycles. The van der Waals surface area contributed by atoms with E-state index in [4.69, 9.17) is 22.3 Å². The zero-order valence-electron chi connectivity index (χ0n) is 12.1. The third-order valence-corrected chi connectivity index (χ3v) is 4.65. The fraction of sp³-hybridized carbons (Fsp3) is 0.562. The molecule has 0 bridgehead atoms. The summed E-state index contributed by atoms with van der Waals surface area (Å²) in [5.74, 6) is 1.70. The predicted octanol–water partition coefficient (Wildman–Crippen LogP) is 4.26. The van der Waals surface area contributed by atoms with Crippen molar-refractivity contribution >= 4 is 22.6 Å². The molecule has 108 valence electrons. The van der Waals surface area contributed by atoms with Crippen LogP contribution in [-0.4, -0.2) is 15.6 Å². The Morgan fingerprint density at radius 2 is 1.95 bits per heavy atom. The zero-order chi connectivity index (χ0) is 14.3. The monoisotopic (exact) mass is 291 g/mol. The Bertz CT molecular complexity index is 609. The molecular weight excluding hydrogens is 270 g/mol. The van der Waals surface area contributed by atoms with Gasteiger partial charge in [0.2, 0.25) is 0 Å². The molecule has 3 nitrogen and oxygen atoms in total. The van der Waals surface area contributed by atoms with Crippen molar-refractivity contribution in [2.24, 2.45) is 5.73 Å². The van der Waals surface area contributed by atoms with E-state index in [1.807, 2.05) is 12.1 Å². The molecule has 1 aromatic heterocycles. The van der Waals surface area contributed by atoms with Gasteiger partial charge in [-0.15, -0.1) is 0 Å². The highest BCUT2D eigenvalue weighted by atomic mass is 35.5. The molecule has 0 aliphatic heterocycles. The van der Waals surface area contributed by atoms with Crippen molar-refractivity contribution in [1.82, 2.24) is 9.55 Å². The summed E-state index contributed by atoms with van der Waals surface area (Å²) in [6.07, 6.45) is 4.46. The summed E-state index contributed by atoms with van der Waals surface area (Å²) in [5, 5.41) is 0.794. The van der Waals surface area contributed by atoms with E-state index in [9.17, 15) is 0 Å². The number of hydrogen-bond donors (Lipinski definition) is 1. The number of aromatic nitrogens is 2. The van der Waals surface area contributed by atoms with E-state index in [0.717, 1.165) is 41.7 Å². The number of benzene rings is 1. The van der Waals surface area contributed by atoms with Crippen LogP contribution in [0.25, 0.3) is 11.0 Å². The molecule has 0 amide bonds. The Morgan fingerprint density at radius 3 is 2.60 bits per heavy atom. The van der Waals surface area contributed by atoms with E-state index in [-0.39, 0.29) is 0 Å². The van der Waals surface area contributed by atoms with Gasteiger partial charge in [-0.3, -0.25) is 0 Å². The lowest BCUT2D eigenvalue weighted by molar-refractivity contribution is 0.372. The third-order valence-electron chi connectivity index (χ3n) is 4.34. The molecule has 0 unspecified atom stereocenters. The SMILES string of the molecule is CC(C)n1c(C2CCC(N)CC2)nc2cccc(Cl)c21. The number of fused-ring (bicyclic) bond motifs is 1. The number of halogens is 1.